The highest BCUT2D eigenvalue weighted by molar-refractivity contribution is 7.16. The van der Waals surface area contributed by atoms with Gasteiger partial charge in [0.15, 0.2) is 0 Å². The molecule has 114 valence electrons. The summed E-state index contributed by atoms with van der Waals surface area (Å²) < 4.78 is 14.3. The van der Waals surface area contributed by atoms with Crippen LogP contribution in [0, 0.1) is 5.82 Å². The van der Waals surface area contributed by atoms with E-state index in [4.69, 9.17) is 17.3 Å². The number of thiophene rings is 1. The third-order valence-electron chi connectivity index (χ3n) is 3.58. The minimum Gasteiger partial charge on any atom is -0.326 e. The molecule has 0 aliphatic carbocycles. The number of hydrogen-bond acceptors (Lipinski definition) is 3. The normalized spacial score (nSPS) is 14.4. The van der Waals surface area contributed by atoms with E-state index in [9.17, 15) is 4.39 Å². The van der Waals surface area contributed by atoms with Gasteiger partial charge in [0.25, 0.3) is 0 Å². The van der Waals surface area contributed by atoms with Crippen molar-refractivity contribution in [2.45, 2.75) is 32.0 Å². The van der Waals surface area contributed by atoms with Crippen molar-refractivity contribution in [1.29, 1.82) is 0 Å². The third kappa shape index (κ3) is 4.27. The van der Waals surface area contributed by atoms with Crippen molar-refractivity contribution >= 4 is 22.9 Å². The molecule has 0 amide bonds. The van der Waals surface area contributed by atoms with Crippen LogP contribution in [0.2, 0.25) is 4.34 Å². The summed E-state index contributed by atoms with van der Waals surface area (Å²) in [6.07, 6.45) is 0.830. The minimum atomic E-state index is -0.228. The fourth-order valence-corrected chi connectivity index (χ4v) is 3.67. The first kappa shape index (κ1) is 16.4. The molecule has 2 nitrogen and oxygen atoms in total. The third-order valence-corrected chi connectivity index (χ3v) is 4.79. The quantitative estimate of drug-likeness (QED) is 0.849. The smallest absolute Gasteiger partial charge is 0.123 e. The lowest BCUT2D eigenvalue weighted by Gasteiger charge is -2.32. The highest BCUT2D eigenvalue weighted by Crippen LogP contribution is 2.29. The molecule has 0 saturated heterocycles. The Balaban J connectivity index is 2.23. The topological polar surface area (TPSA) is 29.3 Å². The lowest BCUT2D eigenvalue weighted by molar-refractivity contribution is 0.203. The van der Waals surface area contributed by atoms with Crippen LogP contribution in [0.3, 0.4) is 0 Å². The van der Waals surface area contributed by atoms with Gasteiger partial charge in [-0.05, 0) is 43.3 Å². The molecule has 0 fully saturated rings. The molecular weight excluding hydrogens is 307 g/mol. The lowest BCUT2D eigenvalue weighted by atomic mass is 9.96. The van der Waals surface area contributed by atoms with E-state index in [0.29, 0.717) is 0 Å². The van der Waals surface area contributed by atoms with E-state index in [1.54, 1.807) is 23.5 Å². The summed E-state index contributed by atoms with van der Waals surface area (Å²) in [5, 5.41) is 0. The number of likely N-dealkylation sites (N-methyl/N-ethyl adjacent to an activating group) is 1. The van der Waals surface area contributed by atoms with Gasteiger partial charge in [0, 0.05) is 17.5 Å². The maximum absolute atomic E-state index is 13.5. The molecule has 2 unspecified atom stereocenters. The number of benzene rings is 1. The first-order valence-corrected chi connectivity index (χ1v) is 8.16. The average molecular weight is 327 g/mol. The van der Waals surface area contributed by atoms with Crippen LogP contribution >= 0.6 is 22.9 Å². The maximum atomic E-state index is 13.5. The average Bonchev–Trinajstić information content (AvgIpc) is 2.84. The Labute approximate surface area is 134 Å². The van der Waals surface area contributed by atoms with Gasteiger partial charge in [-0.1, -0.05) is 30.7 Å². The van der Waals surface area contributed by atoms with Gasteiger partial charge in [-0.2, -0.15) is 0 Å². The Morgan fingerprint density at radius 3 is 2.67 bits per heavy atom. The van der Waals surface area contributed by atoms with E-state index in [0.717, 1.165) is 22.9 Å². The van der Waals surface area contributed by atoms with Crippen molar-refractivity contribution in [3.8, 4) is 0 Å². The van der Waals surface area contributed by atoms with Gasteiger partial charge in [-0.3, -0.25) is 4.90 Å². The van der Waals surface area contributed by atoms with Crippen molar-refractivity contribution in [2.24, 2.45) is 5.73 Å². The Hall–Kier alpha value is -0.940. The summed E-state index contributed by atoms with van der Waals surface area (Å²) in [6.45, 7) is 2.79. The molecule has 0 saturated carbocycles. The molecule has 0 radical (unpaired) electrons. The van der Waals surface area contributed by atoms with Crippen LogP contribution in [0.15, 0.2) is 36.4 Å². The number of nitrogens with zero attached hydrogens (tertiary/aromatic N) is 1. The molecule has 0 aliphatic heterocycles. The molecular formula is C16H20ClFN2S. The van der Waals surface area contributed by atoms with Crippen LogP contribution in [0.5, 0.6) is 0 Å². The van der Waals surface area contributed by atoms with Crippen molar-refractivity contribution in [3.05, 3.63) is 57.0 Å². The van der Waals surface area contributed by atoms with Crippen molar-refractivity contribution < 1.29 is 4.39 Å². The minimum absolute atomic E-state index is 0.0217. The van der Waals surface area contributed by atoms with Gasteiger partial charge in [0.2, 0.25) is 0 Å². The molecule has 2 rings (SSSR count). The fraction of sp³-hybridized carbons (Fsp3) is 0.375. The van der Waals surface area contributed by atoms with Crippen molar-refractivity contribution in [1.82, 2.24) is 4.90 Å². The second-order valence-corrected chi connectivity index (χ2v) is 6.99. The SMILES string of the molecule is CCC(N)C(c1cccc(F)c1)N(C)Cc1ccc(Cl)s1. The zero-order valence-electron chi connectivity index (χ0n) is 12.2. The first-order chi connectivity index (χ1) is 10.0. The van der Waals surface area contributed by atoms with Gasteiger partial charge < -0.3 is 5.73 Å². The van der Waals surface area contributed by atoms with Crippen LogP contribution in [0.4, 0.5) is 4.39 Å². The van der Waals surface area contributed by atoms with Crippen LogP contribution in [-0.2, 0) is 6.54 Å². The zero-order chi connectivity index (χ0) is 15.4. The number of rotatable bonds is 6. The summed E-state index contributed by atoms with van der Waals surface area (Å²) in [6, 6.07) is 10.5. The Morgan fingerprint density at radius 2 is 2.10 bits per heavy atom. The van der Waals surface area contributed by atoms with Crippen LogP contribution < -0.4 is 5.73 Å². The molecule has 0 bridgehead atoms. The summed E-state index contributed by atoms with van der Waals surface area (Å²) >= 11 is 7.54. The van der Waals surface area contributed by atoms with Gasteiger partial charge in [-0.25, -0.2) is 4.39 Å². The largest absolute Gasteiger partial charge is 0.326 e. The first-order valence-electron chi connectivity index (χ1n) is 6.96. The van der Waals surface area contributed by atoms with Crippen molar-refractivity contribution in [3.63, 3.8) is 0 Å². The van der Waals surface area contributed by atoms with E-state index >= 15 is 0 Å². The number of nitrogens with two attached hydrogens (primary N) is 1. The lowest BCUT2D eigenvalue weighted by Crippen LogP contribution is -2.38. The predicted molar refractivity (Wildman–Crippen MR) is 88.2 cm³/mol. The maximum Gasteiger partial charge on any atom is 0.123 e. The summed E-state index contributed by atoms with van der Waals surface area (Å²) in [5.74, 6) is -0.228. The number of hydrogen-bond donors (Lipinski definition) is 1. The summed E-state index contributed by atoms with van der Waals surface area (Å²) in [4.78, 5) is 3.33. The molecule has 1 aromatic carbocycles. The number of halogens is 2. The molecule has 21 heavy (non-hydrogen) atoms. The van der Waals surface area contributed by atoms with Crippen LogP contribution in [-0.4, -0.2) is 18.0 Å². The van der Waals surface area contributed by atoms with Gasteiger partial charge in [0.05, 0.1) is 10.4 Å². The van der Waals surface area contributed by atoms with E-state index in [2.05, 4.69) is 4.90 Å². The highest BCUT2D eigenvalue weighted by atomic mass is 35.5. The van der Waals surface area contributed by atoms with E-state index in [1.807, 2.05) is 32.2 Å². The monoisotopic (exact) mass is 326 g/mol. The van der Waals surface area contributed by atoms with Crippen LogP contribution in [0.25, 0.3) is 0 Å². The molecule has 5 heteroatoms. The zero-order valence-corrected chi connectivity index (χ0v) is 13.8. The molecule has 2 N–H and O–H groups in total. The van der Waals surface area contributed by atoms with Gasteiger partial charge in [0.1, 0.15) is 5.82 Å². The molecule has 0 spiro atoms. The van der Waals surface area contributed by atoms with E-state index in [1.165, 1.54) is 10.9 Å². The van der Waals surface area contributed by atoms with Crippen LogP contribution in [0.1, 0.15) is 29.8 Å². The summed E-state index contributed by atoms with van der Waals surface area (Å²) in [7, 11) is 2.01. The van der Waals surface area contributed by atoms with E-state index < -0.39 is 0 Å². The molecule has 2 atom stereocenters. The predicted octanol–water partition coefficient (Wildman–Crippen LogP) is 4.45. The van der Waals surface area contributed by atoms with Gasteiger partial charge in [-0.15, -0.1) is 11.3 Å². The highest BCUT2D eigenvalue weighted by Gasteiger charge is 2.24. The summed E-state index contributed by atoms with van der Waals surface area (Å²) in [5.41, 5.74) is 7.18. The van der Waals surface area contributed by atoms with Gasteiger partial charge >= 0.3 is 0 Å². The Morgan fingerprint density at radius 1 is 1.33 bits per heavy atom. The van der Waals surface area contributed by atoms with E-state index in [-0.39, 0.29) is 17.9 Å². The second-order valence-electron chi connectivity index (χ2n) is 5.19. The molecule has 1 heterocycles. The molecule has 2 aromatic rings. The fourth-order valence-electron chi connectivity index (χ4n) is 2.52. The van der Waals surface area contributed by atoms with Crippen molar-refractivity contribution in [2.75, 3.05) is 7.05 Å². The Kier molecular flexibility index (Phi) is 5.76. The molecule has 1 aromatic heterocycles. The Bertz CT molecular complexity index is 587. The standard InChI is InChI=1S/C16H20ClFN2S/c1-3-14(19)16(11-5-4-6-12(18)9-11)20(2)10-13-7-8-15(17)21-13/h4-9,14,16H,3,10,19H2,1-2H3. The molecule has 0 aliphatic rings. The second kappa shape index (κ2) is 7.36.